The van der Waals surface area contributed by atoms with Gasteiger partial charge in [-0.05, 0) is 50.2 Å². The number of hydrogen-bond acceptors (Lipinski definition) is 6. The first-order valence-corrected chi connectivity index (χ1v) is 11.6. The summed E-state index contributed by atoms with van der Waals surface area (Å²) in [6.45, 7) is 3.28. The molecule has 2 rings (SSSR count). The molecule has 0 bridgehead atoms. The van der Waals surface area contributed by atoms with Crippen molar-refractivity contribution in [2.45, 2.75) is 30.7 Å². The monoisotopic (exact) mass is 426 g/mol. The molecule has 0 atom stereocenters. The molecule has 0 saturated carbocycles. The van der Waals surface area contributed by atoms with Crippen LogP contribution in [0.2, 0.25) is 0 Å². The molecule has 10 heteroatoms. The van der Waals surface area contributed by atoms with Crippen molar-refractivity contribution in [3.05, 3.63) is 24.3 Å². The second-order valence-electron chi connectivity index (χ2n) is 6.06. The minimum absolute atomic E-state index is 0. The highest BCUT2D eigenvalue weighted by molar-refractivity contribution is 7.91. The van der Waals surface area contributed by atoms with Crippen LogP contribution in [0.25, 0.3) is 0 Å². The van der Waals surface area contributed by atoms with Gasteiger partial charge in [-0.1, -0.05) is 6.92 Å². The number of ether oxygens (including phenoxy) is 1. The lowest BCUT2D eigenvalue weighted by molar-refractivity contribution is 0.296. The van der Waals surface area contributed by atoms with Gasteiger partial charge in [-0.3, -0.25) is 0 Å². The van der Waals surface area contributed by atoms with E-state index >= 15 is 0 Å². The number of nitrogens with zero attached hydrogens (tertiary/aromatic N) is 1. The van der Waals surface area contributed by atoms with Gasteiger partial charge in [0.25, 0.3) is 0 Å². The van der Waals surface area contributed by atoms with Crippen LogP contribution in [0.5, 0.6) is 5.75 Å². The molecule has 0 aliphatic carbocycles. The highest BCUT2D eigenvalue weighted by atomic mass is 35.5. The molecule has 150 valence electrons. The molecule has 1 aromatic carbocycles. The van der Waals surface area contributed by atoms with E-state index in [1.807, 2.05) is 0 Å². The number of sulfonamides is 1. The average molecular weight is 427 g/mol. The fourth-order valence-electron chi connectivity index (χ4n) is 2.67. The van der Waals surface area contributed by atoms with Gasteiger partial charge in [0.05, 0.1) is 10.6 Å². The van der Waals surface area contributed by atoms with E-state index in [-0.39, 0.29) is 41.5 Å². The number of hydrogen-bond donors (Lipinski definition) is 1. The summed E-state index contributed by atoms with van der Waals surface area (Å²) in [5, 5.41) is 3.22. The van der Waals surface area contributed by atoms with Crippen molar-refractivity contribution < 1.29 is 21.6 Å². The molecule has 0 radical (unpaired) electrons. The van der Waals surface area contributed by atoms with E-state index in [1.54, 1.807) is 26.1 Å². The third-order valence-corrected chi connectivity index (χ3v) is 8.02. The predicted octanol–water partition coefficient (Wildman–Crippen LogP) is 1.29. The molecule has 1 aliphatic heterocycles. The maximum atomic E-state index is 12.7. The van der Waals surface area contributed by atoms with E-state index in [0.29, 0.717) is 5.75 Å². The summed E-state index contributed by atoms with van der Waals surface area (Å²) in [7, 11) is -5.01. The lowest BCUT2D eigenvalue weighted by atomic mass is 10.1. The van der Waals surface area contributed by atoms with Gasteiger partial charge in [0.15, 0.2) is 9.84 Å². The standard InChI is InChI=1S/C16H26N2O5S2.ClH/c1-3-24(19,20)13-12-23-15-4-6-16(7-5-15)25(21,22)18(2)14-8-10-17-11-9-14;/h4-7,14,17H,3,8-13H2,1-2H3;1H. The summed E-state index contributed by atoms with van der Waals surface area (Å²) >= 11 is 0. The predicted molar refractivity (Wildman–Crippen MR) is 104 cm³/mol. The molecule has 0 amide bonds. The Labute approximate surface area is 162 Å². The van der Waals surface area contributed by atoms with Crippen molar-refractivity contribution in [3.63, 3.8) is 0 Å². The molecule has 26 heavy (non-hydrogen) atoms. The zero-order valence-electron chi connectivity index (χ0n) is 15.0. The minimum atomic E-state index is -3.55. The van der Waals surface area contributed by atoms with Crippen LogP contribution in [0.1, 0.15) is 19.8 Å². The molecule has 0 unspecified atom stereocenters. The van der Waals surface area contributed by atoms with Gasteiger partial charge in [0, 0.05) is 18.8 Å². The van der Waals surface area contributed by atoms with E-state index < -0.39 is 19.9 Å². The molecule has 1 fully saturated rings. The first kappa shape index (κ1) is 23.2. The lowest BCUT2D eigenvalue weighted by Gasteiger charge is -2.30. The maximum absolute atomic E-state index is 12.7. The first-order valence-electron chi connectivity index (χ1n) is 8.38. The van der Waals surface area contributed by atoms with Gasteiger partial charge in [0.2, 0.25) is 10.0 Å². The summed E-state index contributed by atoms with van der Waals surface area (Å²) in [5.74, 6) is 0.480. The van der Waals surface area contributed by atoms with Gasteiger partial charge in [-0.25, -0.2) is 16.8 Å². The van der Waals surface area contributed by atoms with Crippen molar-refractivity contribution >= 4 is 32.3 Å². The SMILES string of the molecule is CCS(=O)(=O)CCOc1ccc(S(=O)(=O)N(C)C2CCNCC2)cc1.Cl. The Kier molecular flexibility index (Phi) is 8.81. The quantitative estimate of drug-likeness (QED) is 0.673. The number of nitrogens with one attached hydrogen (secondary N) is 1. The van der Waals surface area contributed by atoms with E-state index in [2.05, 4.69) is 5.32 Å². The molecule has 7 nitrogen and oxygen atoms in total. The van der Waals surface area contributed by atoms with E-state index in [1.165, 1.54) is 16.4 Å². The summed E-state index contributed by atoms with van der Waals surface area (Å²) in [5.41, 5.74) is 0. The van der Waals surface area contributed by atoms with Crippen molar-refractivity contribution in [2.75, 3.05) is 38.2 Å². The molecule has 1 saturated heterocycles. The Morgan fingerprint density at radius 2 is 1.69 bits per heavy atom. The summed E-state index contributed by atoms with van der Waals surface area (Å²) in [6, 6.07) is 6.11. The van der Waals surface area contributed by atoms with Crippen LogP contribution in [-0.2, 0) is 19.9 Å². The zero-order valence-corrected chi connectivity index (χ0v) is 17.5. The Bertz CT molecular complexity index is 760. The van der Waals surface area contributed by atoms with Crippen molar-refractivity contribution in [1.29, 1.82) is 0 Å². The highest BCUT2D eigenvalue weighted by Gasteiger charge is 2.28. The Hall–Kier alpha value is -0.870. The molecular formula is C16H27ClN2O5S2. The van der Waals surface area contributed by atoms with E-state index in [0.717, 1.165) is 25.9 Å². The summed E-state index contributed by atoms with van der Waals surface area (Å²) in [6.07, 6.45) is 1.59. The fourth-order valence-corrected chi connectivity index (χ4v) is 4.71. The van der Waals surface area contributed by atoms with E-state index in [4.69, 9.17) is 4.74 Å². The van der Waals surface area contributed by atoms with Crippen LogP contribution in [0.3, 0.4) is 0 Å². The smallest absolute Gasteiger partial charge is 0.243 e. The number of benzene rings is 1. The largest absolute Gasteiger partial charge is 0.493 e. The van der Waals surface area contributed by atoms with Crippen LogP contribution in [-0.4, -0.2) is 65.4 Å². The Morgan fingerprint density at radius 3 is 2.23 bits per heavy atom. The van der Waals surface area contributed by atoms with Gasteiger partial charge in [0.1, 0.15) is 12.4 Å². The number of sulfone groups is 1. The molecule has 0 spiro atoms. The van der Waals surface area contributed by atoms with E-state index in [9.17, 15) is 16.8 Å². The Morgan fingerprint density at radius 1 is 1.12 bits per heavy atom. The number of piperidine rings is 1. The van der Waals surface area contributed by atoms with Crippen molar-refractivity contribution in [2.24, 2.45) is 0 Å². The molecule has 1 aliphatic rings. The Balaban J connectivity index is 0.00000338. The topological polar surface area (TPSA) is 92.8 Å². The van der Waals surface area contributed by atoms with Crippen LogP contribution >= 0.6 is 12.4 Å². The molecule has 1 N–H and O–H groups in total. The molecular weight excluding hydrogens is 400 g/mol. The van der Waals surface area contributed by atoms with Crippen LogP contribution in [0.15, 0.2) is 29.2 Å². The lowest BCUT2D eigenvalue weighted by Crippen LogP contribution is -2.43. The highest BCUT2D eigenvalue weighted by Crippen LogP contribution is 2.22. The second-order valence-corrected chi connectivity index (χ2v) is 10.5. The van der Waals surface area contributed by atoms with Gasteiger partial charge in [-0.2, -0.15) is 4.31 Å². The number of rotatable bonds is 8. The molecule has 1 heterocycles. The maximum Gasteiger partial charge on any atom is 0.243 e. The van der Waals surface area contributed by atoms with Crippen molar-refractivity contribution in [1.82, 2.24) is 9.62 Å². The summed E-state index contributed by atoms with van der Waals surface area (Å²) in [4.78, 5) is 0.210. The van der Waals surface area contributed by atoms with Gasteiger partial charge in [-0.15, -0.1) is 12.4 Å². The summed E-state index contributed by atoms with van der Waals surface area (Å²) < 4.78 is 55.1. The van der Waals surface area contributed by atoms with Crippen molar-refractivity contribution in [3.8, 4) is 5.75 Å². The van der Waals surface area contributed by atoms with Crippen LogP contribution < -0.4 is 10.1 Å². The second kappa shape index (κ2) is 9.89. The first-order chi connectivity index (χ1) is 11.8. The van der Waals surface area contributed by atoms with Gasteiger partial charge < -0.3 is 10.1 Å². The fraction of sp³-hybridized carbons (Fsp3) is 0.625. The van der Waals surface area contributed by atoms with Crippen LogP contribution in [0, 0.1) is 0 Å². The zero-order chi connectivity index (χ0) is 18.5. The molecule has 1 aromatic rings. The van der Waals surface area contributed by atoms with Crippen LogP contribution in [0.4, 0.5) is 0 Å². The number of halogens is 1. The van der Waals surface area contributed by atoms with Gasteiger partial charge >= 0.3 is 0 Å². The molecule has 0 aromatic heterocycles. The normalized spacial score (nSPS) is 16.3. The third-order valence-electron chi connectivity index (χ3n) is 4.43. The minimum Gasteiger partial charge on any atom is -0.493 e. The third kappa shape index (κ3) is 6.09. The average Bonchev–Trinajstić information content (AvgIpc) is 2.62.